The second-order valence-electron chi connectivity index (χ2n) is 5.70. The first-order chi connectivity index (χ1) is 11.3. The van der Waals surface area contributed by atoms with Gasteiger partial charge in [0.25, 0.3) is 0 Å². The van der Waals surface area contributed by atoms with Gasteiger partial charge in [0.05, 0.1) is 17.8 Å². The summed E-state index contributed by atoms with van der Waals surface area (Å²) >= 11 is 0. The van der Waals surface area contributed by atoms with Crippen molar-refractivity contribution < 1.29 is 0 Å². The highest BCUT2D eigenvalue weighted by atomic mass is 15.3. The third-order valence-electron chi connectivity index (χ3n) is 4.04. The molecule has 2 N–H and O–H groups in total. The number of anilines is 3. The van der Waals surface area contributed by atoms with Gasteiger partial charge in [0.15, 0.2) is 5.65 Å². The molecule has 6 nitrogen and oxygen atoms in total. The first kappa shape index (κ1) is 13.6. The summed E-state index contributed by atoms with van der Waals surface area (Å²) in [6, 6.07) is 11.5. The summed E-state index contributed by atoms with van der Waals surface area (Å²) in [6.07, 6.45) is 4.33. The number of nitrogens with one attached hydrogen (secondary N) is 2. The van der Waals surface area contributed by atoms with E-state index in [4.69, 9.17) is 5.26 Å². The molecule has 0 saturated heterocycles. The molecule has 1 aliphatic carbocycles. The number of benzene rings is 1. The normalized spacial score (nSPS) is 13.7. The van der Waals surface area contributed by atoms with Crippen molar-refractivity contribution >= 4 is 23.0 Å². The van der Waals surface area contributed by atoms with Crippen molar-refractivity contribution in [3.05, 3.63) is 47.7 Å². The predicted octanol–water partition coefficient (Wildman–Crippen LogP) is 3.26. The van der Waals surface area contributed by atoms with Gasteiger partial charge in [-0.3, -0.25) is 0 Å². The van der Waals surface area contributed by atoms with Crippen LogP contribution in [-0.4, -0.2) is 21.6 Å². The first-order valence-electron chi connectivity index (χ1n) is 7.62. The lowest BCUT2D eigenvalue weighted by molar-refractivity contribution is 0.948. The summed E-state index contributed by atoms with van der Waals surface area (Å²) in [7, 11) is 1.85. The Morgan fingerprint density at radius 2 is 2.17 bits per heavy atom. The van der Waals surface area contributed by atoms with E-state index < -0.39 is 0 Å². The highest BCUT2D eigenvalue weighted by Gasteiger charge is 2.28. The maximum atomic E-state index is 9.04. The maximum Gasteiger partial charge on any atom is 0.163 e. The molecule has 1 fully saturated rings. The van der Waals surface area contributed by atoms with Crippen LogP contribution in [0.3, 0.4) is 0 Å². The average molecular weight is 304 g/mol. The Morgan fingerprint density at radius 3 is 2.91 bits per heavy atom. The van der Waals surface area contributed by atoms with Crippen LogP contribution in [0.2, 0.25) is 0 Å². The monoisotopic (exact) mass is 304 g/mol. The van der Waals surface area contributed by atoms with Gasteiger partial charge in [-0.2, -0.15) is 14.9 Å². The van der Waals surface area contributed by atoms with Crippen molar-refractivity contribution in [2.24, 2.45) is 0 Å². The van der Waals surface area contributed by atoms with Crippen LogP contribution in [0, 0.1) is 11.3 Å². The first-order valence-corrected chi connectivity index (χ1v) is 7.62. The lowest BCUT2D eigenvalue weighted by Gasteiger charge is -2.11. The van der Waals surface area contributed by atoms with Crippen LogP contribution in [0.15, 0.2) is 36.5 Å². The summed E-state index contributed by atoms with van der Waals surface area (Å²) in [4.78, 5) is 4.65. The third kappa shape index (κ3) is 2.46. The molecule has 0 spiro atoms. The Balaban J connectivity index is 1.80. The fourth-order valence-corrected chi connectivity index (χ4v) is 2.69. The van der Waals surface area contributed by atoms with E-state index in [0.29, 0.717) is 11.5 Å². The number of nitriles is 1. The van der Waals surface area contributed by atoms with Crippen LogP contribution in [0.1, 0.15) is 29.9 Å². The van der Waals surface area contributed by atoms with Gasteiger partial charge in [0, 0.05) is 24.4 Å². The van der Waals surface area contributed by atoms with Gasteiger partial charge < -0.3 is 10.6 Å². The Hall–Kier alpha value is -3.07. The maximum absolute atomic E-state index is 9.04. The number of fused-ring (bicyclic) bond motifs is 1. The molecule has 6 heteroatoms. The predicted molar refractivity (Wildman–Crippen MR) is 88.9 cm³/mol. The molecule has 1 aliphatic rings. The summed E-state index contributed by atoms with van der Waals surface area (Å²) < 4.78 is 1.83. The van der Waals surface area contributed by atoms with E-state index in [9.17, 15) is 0 Å². The summed E-state index contributed by atoms with van der Waals surface area (Å²) in [5.74, 6) is 2.20. The Morgan fingerprint density at radius 1 is 1.30 bits per heavy atom. The Bertz CT molecular complexity index is 916. The molecule has 1 aromatic carbocycles. The van der Waals surface area contributed by atoms with Crippen molar-refractivity contribution in [3.8, 4) is 6.07 Å². The molecule has 0 bridgehead atoms. The third-order valence-corrected chi connectivity index (χ3v) is 4.04. The second-order valence-corrected chi connectivity index (χ2v) is 5.70. The van der Waals surface area contributed by atoms with Crippen molar-refractivity contribution in [1.29, 1.82) is 5.26 Å². The molecule has 0 amide bonds. The molecule has 4 rings (SSSR count). The zero-order chi connectivity index (χ0) is 15.8. The van der Waals surface area contributed by atoms with Gasteiger partial charge in [-0.25, -0.2) is 4.98 Å². The number of rotatable bonds is 4. The van der Waals surface area contributed by atoms with E-state index in [1.165, 1.54) is 18.4 Å². The standard InChI is InChI=1S/C17H16N6/c1-19-15-8-16(21-13-4-2-3-11(7-13)9-18)23-17(22-15)14(10-20-23)12-5-6-12/h2-4,7-8,10,12,21H,5-6H2,1H3,(H,19,22). The number of nitrogens with zero attached hydrogens (tertiary/aromatic N) is 4. The number of aromatic nitrogens is 3. The van der Waals surface area contributed by atoms with Gasteiger partial charge in [-0.15, -0.1) is 0 Å². The van der Waals surface area contributed by atoms with Gasteiger partial charge in [-0.1, -0.05) is 6.07 Å². The van der Waals surface area contributed by atoms with Crippen LogP contribution in [0.4, 0.5) is 17.3 Å². The molecule has 3 aromatic rings. The molecule has 0 unspecified atom stereocenters. The zero-order valence-electron chi connectivity index (χ0n) is 12.7. The summed E-state index contributed by atoms with van der Waals surface area (Å²) in [5.41, 5.74) is 3.56. The van der Waals surface area contributed by atoms with E-state index >= 15 is 0 Å². The minimum atomic E-state index is 0.585. The molecule has 2 aromatic heterocycles. The highest BCUT2D eigenvalue weighted by molar-refractivity contribution is 5.66. The zero-order valence-corrected chi connectivity index (χ0v) is 12.7. The van der Waals surface area contributed by atoms with Crippen LogP contribution in [0.25, 0.3) is 5.65 Å². The van der Waals surface area contributed by atoms with E-state index in [2.05, 4.69) is 26.8 Å². The molecule has 0 aliphatic heterocycles. The summed E-state index contributed by atoms with van der Waals surface area (Å²) in [5, 5.41) is 20.0. The fraction of sp³-hybridized carbons (Fsp3) is 0.235. The van der Waals surface area contributed by atoms with E-state index in [1.54, 1.807) is 6.07 Å². The minimum Gasteiger partial charge on any atom is -0.373 e. The topological polar surface area (TPSA) is 78.0 Å². The minimum absolute atomic E-state index is 0.585. The van der Waals surface area contributed by atoms with Crippen molar-refractivity contribution in [2.75, 3.05) is 17.7 Å². The Labute approximate surface area is 133 Å². The molecule has 1 saturated carbocycles. The molecule has 0 atom stereocenters. The summed E-state index contributed by atoms with van der Waals surface area (Å²) in [6.45, 7) is 0. The van der Waals surface area contributed by atoms with Crippen molar-refractivity contribution in [1.82, 2.24) is 14.6 Å². The SMILES string of the molecule is CNc1cc(Nc2cccc(C#N)c2)n2ncc(C3CC3)c2n1. The van der Waals surface area contributed by atoms with Gasteiger partial charge >= 0.3 is 0 Å². The van der Waals surface area contributed by atoms with Crippen molar-refractivity contribution in [2.45, 2.75) is 18.8 Å². The smallest absolute Gasteiger partial charge is 0.163 e. The fourth-order valence-electron chi connectivity index (χ4n) is 2.69. The largest absolute Gasteiger partial charge is 0.373 e. The van der Waals surface area contributed by atoms with Crippen LogP contribution < -0.4 is 10.6 Å². The Kier molecular flexibility index (Phi) is 3.12. The van der Waals surface area contributed by atoms with Crippen LogP contribution >= 0.6 is 0 Å². The van der Waals surface area contributed by atoms with E-state index in [1.807, 2.05) is 42.0 Å². The quantitative estimate of drug-likeness (QED) is 0.773. The molecule has 23 heavy (non-hydrogen) atoms. The highest BCUT2D eigenvalue weighted by Crippen LogP contribution is 2.42. The van der Waals surface area contributed by atoms with Gasteiger partial charge in [0.2, 0.25) is 0 Å². The lowest BCUT2D eigenvalue weighted by atomic mass is 10.2. The lowest BCUT2D eigenvalue weighted by Crippen LogP contribution is -2.04. The van der Waals surface area contributed by atoms with Gasteiger partial charge in [0.1, 0.15) is 11.6 Å². The van der Waals surface area contributed by atoms with Crippen molar-refractivity contribution in [3.63, 3.8) is 0 Å². The molecule has 0 radical (unpaired) electrons. The molecule has 2 heterocycles. The van der Waals surface area contributed by atoms with Gasteiger partial charge in [-0.05, 0) is 37.0 Å². The van der Waals surface area contributed by atoms with Crippen LogP contribution in [0.5, 0.6) is 0 Å². The average Bonchev–Trinajstić information content (AvgIpc) is 3.34. The molecular formula is C17H16N6. The number of hydrogen-bond acceptors (Lipinski definition) is 5. The second kappa shape index (κ2) is 5.29. The molecular weight excluding hydrogens is 288 g/mol. The van der Waals surface area contributed by atoms with E-state index in [0.717, 1.165) is 23.0 Å². The van der Waals surface area contributed by atoms with Crippen LogP contribution in [-0.2, 0) is 0 Å². The molecule has 114 valence electrons. The van der Waals surface area contributed by atoms with E-state index in [-0.39, 0.29) is 0 Å². The number of hydrogen-bond donors (Lipinski definition) is 2.